The zero-order valence-corrected chi connectivity index (χ0v) is 16.2. The number of phenolic OH excluding ortho intramolecular Hbond substituents is 1. The van der Waals surface area contributed by atoms with Gasteiger partial charge in [-0.3, -0.25) is 0 Å². The fourth-order valence-corrected chi connectivity index (χ4v) is 2.81. The van der Waals surface area contributed by atoms with Gasteiger partial charge in [-0.05, 0) is 35.4 Å². The standard InChI is InChI=1S/C21H26O7/c1-25-18-12-15(7-8-16(18)24)21(27-3)20(13-23)28-17-9-6-14(5-4-10-22)11-19(17)26-2/h4-9,11-12,20-24H,10,13H2,1-3H3/b5-4+/t20-,21-/m0/s1. The molecule has 0 aliphatic rings. The van der Waals surface area contributed by atoms with Gasteiger partial charge in [-0.1, -0.05) is 24.3 Å². The highest BCUT2D eigenvalue weighted by Gasteiger charge is 2.26. The van der Waals surface area contributed by atoms with Gasteiger partial charge >= 0.3 is 0 Å². The van der Waals surface area contributed by atoms with Crippen LogP contribution in [0.1, 0.15) is 17.2 Å². The SMILES string of the molecule is COc1cc([C@H](OC)[C@H](CO)Oc2ccc(/C=C/CO)cc2OC)ccc1O. The predicted molar refractivity (Wildman–Crippen MR) is 105 cm³/mol. The molecule has 0 aliphatic heterocycles. The zero-order valence-electron chi connectivity index (χ0n) is 16.2. The number of aliphatic hydroxyl groups is 2. The normalized spacial score (nSPS) is 13.3. The number of aliphatic hydroxyl groups excluding tert-OH is 2. The van der Waals surface area contributed by atoms with E-state index in [0.29, 0.717) is 22.8 Å². The van der Waals surface area contributed by atoms with Crippen LogP contribution in [0.15, 0.2) is 42.5 Å². The zero-order chi connectivity index (χ0) is 20.5. The Morgan fingerprint density at radius 3 is 2.29 bits per heavy atom. The highest BCUT2D eigenvalue weighted by molar-refractivity contribution is 5.56. The largest absolute Gasteiger partial charge is 0.504 e. The van der Waals surface area contributed by atoms with Crippen LogP contribution in [0, 0.1) is 0 Å². The minimum atomic E-state index is -0.730. The molecule has 152 valence electrons. The van der Waals surface area contributed by atoms with Gasteiger partial charge in [0.2, 0.25) is 0 Å². The number of hydrogen-bond donors (Lipinski definition) is 3. The maximum atomic E-state index is 9.90. The summed E-state index contributed by atoms with van der Waals surface area (Å²) in [7, 11) is 4.49. The van der Waals surface area contributed by atoms with Gasteiger partial charge in [-0.15, -0.1) is 0 Å². The van der Waals surface area contributed by atoms with E-state index in [1.807, 2.05) is 6.07 Å². The van der Waals surface area contributed by atoms with Crippen molar-refractivity contribution in [1.82, 2.24) is 0 Å². The van der Waals surface area contributed by atoms with Gasteiger partial charge in [-0.2, -0.15) is 0 Å². The summed E-state index contributed by atoms with van der Waals surface area (Å²) in [6.07, 6.45) is 2.03. The molecule has 3 N–H and O–H groups in total. The lowest BCUT2D eigenvalue weighted by Gasteiger charge is -2.27. The van der Waals surface area contributed by atoms with Gasteiger partial charge in [0.05, 0.1) is 27.4 Å². The first kappa shape index (κ1) is 21.6. The molecule has 0 aliphatic carbocycles. The summed E-state index contributed by atoms with van der Waals surface area (Å²) in [5, 5.41) is 28.6. The molecule has 7 nitrogen and oxygen atoms in total. The Balaban J connectivity index is 2.30. The van der Waals surface area contributed by atoms with E-state index in [-0.39, 0.29) is 19.0 Å². The highest BCUT2D eigenvalue weighted by Crippen LogP contribution is 2.35. The molecule has 28 heavy (non-hydrogen) atoms. The van der Waals surface area contributed by atoms with Crippen molar-refractivity contribution in [3.63, 3.8) is 0 Å². The average molecular weight is 390 g/mol. The third-order valence-corrected chi connectivity index (χ3v) is 4.19. The predicted octanol–water partition coefficient (Wildman–Crippen LogP) is 2.54. The molecular formula is C21H26O7. The molecular weight excluding hydrogens is 364 g/mol. The van der Waals surface area contributed by atoms with Crippen LogP contribution in [-0.4, -0.2) is 56.0 Å². The van der Waals surface area contributed by atoms with Crippen molar-refractivity contribution in [1.29, 1.82) is 0 Å². The van der Waals surface area contributed by atoms with Crippen LogP contribution < -0.4 is 14.2 Å². The van der Waals surface area contributed by atoms with E-state index in [1.54, 1.807) is 36.4 Å². The molecule has 0 radical (unpaired) electrons. The summed E-state index contributed by atoms with van der Waals surface area (Å²) in [4.78, 5) is 0. The highest BCUT2D eigenvalue weighted by atomic mass is 16.6. The minimum absolute atomic E-state index is 0.00996. The number of aromatic hydroxyl groups is 1. The second-order valence-corrected chi connectivity index (χ2v) is 5.92. The van der Waals surface area contributed by atoms with Crippen molar-refractivity contribution in [2.75, 3.05) is 34.5 Å². The topological polar surface area (TPSA) is 97.6 Å². The monoisotopic (exact) mass is 390 g/mol. The number of methoxy groups -OCH3 is 3. The maximum absolute atomic E-state index is 9.90. The Morgan fingerprint density at radius 2 is 1.68 bits per heavy atom. The lowest BCUT2D eigenvalue weighted by atomic mass is 10.0. The van der Waals surface area contributed by atoms with Crippen LogP contribution in [0.5, 0.6) is 23.0 Å². The Morgan fingerprint density at radius 1 is 0.929 bits per heavy atom. The second kappa shape index (κ2) is 10.6. The Hall–Kier alpha value is -2.74. The Kier molecular flexibility index (Phi) is 8.13. The first-order valence-electron chi connectivity index (χ1n) is 8.70. The molecule has 0 spiro atoms. The van der Waals surface area contributed by atoms with Crippen molar-refractivity contribution < 1.29 is 34.3 Å². The Labute approximate surface area is 164 Å². The van der Waals surface area contributed by atoms with E-state index in [4.69, 9.17) is 24.1 Å². The van der Waals surface area contributed by atoms with Crippen LogP contribution in [-0.2, 0) is 4.74 Å². The molecule has 2 aromatic rings. The number of rotatable bonds is 10. The van der Waals surface area contributed by atoms with Crippen LogP contribution in [0.4, 0.5) is 0 Å². The number of hydrogen-bond acceptors (Lipinski definition) is 7. The summed E-state index contributed by atoms with van der Waals surface area (Å²) >= 11 is 0. The van der Waals surface area contributed by atoms with E-state index in [0.717, 1.165) is 5.56 Å². The molecule has 0 aromatic heterocycles. The lowest BCUT2D eigenvalue weighted by Crippen LogP contribution is -2.30. The Bertz CT molecular complexity index is 788. The van der Waals surface area contributed by atoms with Gasteiger partial charge in [0, 0.05) is 7.11 Å². The van der Waals surface area contributed by atoms with E-state index in [1.165, 1.54) is 27.4 Å². The van der Waals surface area contributed by atoms with Crippen molar-refractivity contribution in [2.24, 2.45) is 0 Å². The molecule has 0 fully saturated rings. The molecule has 0 saturated heterocycles. The number of benzene rings is 2. The summed E-state index contributed by atoms with van der Waals surface area (Å²) in [6.45, 7) is -0.365. The molecule has 0 saturated carbocycles. The molecule has 7 heteroatoms. The molecule has 0 amide bonds. The third-order valence-electron chi connectivity index (χ3n) is 4.19. The molecule has 2 aromatic carbocycles. The summed E-state index contributed by atoms with van der Waals surface area (Å²) in [6, 6.07) is 10.1. The lowest BCUT2D eigenvalue weighted by molar-refractivity contribution is -0.0265. The van der Waals surface area contributed by atoms with Crippen LogP contribution >= 0.6 is 0 Å². The van der Waals surface area contributed by atoms with Gasteiger partial charge in [-0.25, -0.2) is 0 Å². The number of ether oxygens (including phenoxy) is 4. The van der Waals surface area contributed by atoms with E-state index in [9.17, 15) is 10.2 Å². The van der Waals surface area contributed by atoms with Crippen LogP contribution in [0.25, 0.3) is 6.08 Å². The fraction of sp³-hybridized carbons (Fsp3) is 0.333. The first-order chi connectivity index (χ1) is 13.6. The van der Waals surface area contributed by atoms with E-state index < -0.39 is 12.2 Å². The van der Waals surface area contributed by atoms with Gasteiger partial charge in [0.15, 0.2) is 29.1 Å². The summed E-state index contributed by atoms with van der Waals surface area (Å²) in [5.41, 5.74) is 1.52. The van der Waals surface area contributed by atoms with Crippen molar-refractivity contribution in [3.8, 4) is 23.0 Å². The van der Waals surface area contributed by atoms with E-state index in [2.05, 4.69) is 0 Å². The van der Waals surface area contributed by atoms with Crippen LogP contribution in [0.2, 0.25) is 0 Å². The quantitative estimate of drug-likeness (QED) is 0.573. The van der Waals surface area contributed by atoms with Crippen molar-refractivity contribution in [2.45, 2.75) is 12.2 Å². The van der Waals surface area contributed by atoms with E-state index >= 15 is 0 Å². The average Bonchev–Trinajstić information content (AvgIpc) is 2.73. The van der Waals surface area contributed by atoms with Crippen LogP contribution in [0.3, 0.4) is 0 Å². The second-order valence-electron chi connectivity index (χ2n) is 5.92. The maximum Gasteiger partial charge on any atom is 0.161 e. The van der Waals surface area contributed by atoms with Gasteiger partial charge in [0.1, 0.15) is 6.10 Å². The smallest absolute Gasteiger partial charge is 0.161 e. The minimum Gasteiger partial charge on any atom is -0.504 e. The molecule has 2 rings (SSSR count). The van der Waals surface area contributed by atoms with Crippen molar-refractivity contribution >= 4 is 6.08 Å². The third kappa shape index (κ3) is 5.16. The fourth-order valence-electron chi connectivity index (χ4n) is 2.81. The molecule has 0 unspecified atom stereocenters. The van der Waals surface area contributed by atoms with Gasteiger partial charge in [0.25, 0.3) is 0 Å². The first-order valence-corrected chi connectivity index (χ1v) is 8.70. The van der Waals surface area contributed by atoms with Gasteiger partial charge < -0.3 is 34.3 Å². The molecule has 2 atom stereocenters. The van der Waals surface area contributed by atoms with Crippen molar-refractivity contribution in [3.05, 3.63) is 53.6 Å². The number of phenols is 1. The summed E-state index contributed by atoms with van der Waals surface area (Å²) in [5.74, 6) is 1.23. The molecule has 0 heterocycles. The molecule has 0 bridgehead atoms. The summed E-state index contributed by atoms with van der Waals surface area (Å²) < 4.78 is 22.1.